The van der Waals surface area contributed by atoms with Crippen molar-refractivity contribution in [2.45, 2.75) is 12.8 Å². The molecule has 138 valence electrons. The quantitative estimate of drug-likeness (QED) is 0.789. The highest BCUT2D eigenvalue weighted by Gasteiger charge is 2.12. The van der Waals surface area contributed by atoms with E-state index in [1.165, 1.54) is 4.90 Å². The minimum absolute atomic E-state index is 0.0316. The number of amides is 2. The van der Waals surface area contributed by atoms with Crippen molar-refractivity contribution in [3.8, 4) is 11.5 Å². The number of likely N-dealkylation sites (N-methyl/N-ethyl adjacent to an activating group) is 1. The summed E-state index contributed by atoms with van der Waals surface area (Å²) >= 11 is 0. The second-order valence-corrected chi connectivity index (χ2v) is 5.75. The molecule has 0 aromatic heterocycles. The first kappa shape index (κ1) is 19.3. The molecule has 0 saturated heterocycles. The molecule has 0 aliphatic rings. The third kappa shape index (κ3) is 5.24. The molecule has 0 bridgehead atoms. The summed E-state index contributed by atoms with van der Waals surface area (Å²) < 4.78 is 10.4. The lowest BCUT2D eigenvalue weighted by atomic mass is 10.1. The van der Waals surface area contributed by atoms with E-state index in [4.69, 9.17) is 9.47 Å². The number of rotatable bonds is 8. The van der Waals surface area contributed by atoms with E-state index in [0.29, 0.717) is 17.9 Å². The molecule has 0 aliphatic carbocycles. The van der Waals surface area contributed by atoms with Crippen LogP contribution in [0.1, 0.15) is 12.0 Å². The van der Waals surface area contributed by atoms with Gasteiger partial charge in [-0.15, -0.1) is 0 Å². The summed E-state index contributed by atoms with van der Waals surface area (Å²) in [5.41, 5.74) is 1.75. The number of para-hydroxylation sites is 1. The molecule has 0 atom stereocenters. The van der Waals surface area contributed by atoms with Crippen LogP contribution in [0.3, 0.4) is 0 Å². The lowest BCUT2D eigenvalue weighted by Crippen LogP contribution is -2.38. The fourth-order valence-corrected chi connectivity index (χ4v) is 2.47. The maximum Gasteiger partial charge on any atom is 0.246 e. The molecule has 0 radical (unpaired) electrons. The molecule has 6 heteroatoms. The average Bonchev–Trinajstić information content (AvgIpc) is 2.70. The SMILES string of the molecule is COc1ccc(CCC(=O)NCC(=O)N(C)c2ccccc2)cc1OC. The van der Waals surface area contributed by atoms with Crippen LogP contribution >= 0.6 is 0 Å². The Balaban J connectivity index is 1.81. The second kappa shape index (κ2) is 9.46. The van der Waals surface area contributed by atoms with Crippen LogP contribution in [0.15, 0.2) is 48.5 Å². The van der Waals surface area contributed by atoms with Crippen molar-refractivity contribution >= 4 is 17.5 Å². The Morgan fingerprint density at radius 2 is 1.69 bits per heavy atom. The number of anilines is 1. The zero-order valence-corrected chi connectivity index (χ0v) is 15.3. The summed E-state index contributed by atoms with van der Waals surface area (Å²) in [7, 11) is 4.84. The fourth-order valence-electron chi connectivity index (χ4n) is 2.47. The molecule has 26 heavy (non-hydrogen) atoms. The van der Waals surface area contributed by atoms with Crippen LogP contribution < -0.4 is 19.7 Å². The van der Waals surface area contributed by atoms with Crippen LogP contribution in [0.4, 0.5) is 5.69 Å². The number of methoxy groups -OCH3 is 2. The number of nitrogens with one attached hydrogen (secondary N) is 1. The zero-order valence-electron chi connectivity index (χ0n) is 15.3. The summed E-state index contributed by atoms with van der Waals surface area (Å²) in [6, 6.07) is 14.8. The monoisotopic (exact) mass is 356 g/mol. The highest BCUT2D eigenvalue weighted by atomic mass is 16.5. The van der Waals surface area contributed by atoms with Gasteiger partial charge < -0.3 is 19.7 Å². The summed E-state index contributed by atoms with van der Waals surface area (Å²) in [5, 5.41) is 2.67. The Hall–Kier alpha value is -3.02. The number of carbonyl (C=O) groups is 2. The van der Waals surface area contributed by atoms with Gasteiger partial charge >= 0.3 is 0 Å². The summed E-state index contributed by atoms with van der Waals surface area (Å²) in [4.78, 5) is 25.7. The number of benzene rings is 2. The highest BCUT2D eigenvalue weighted by molar-refractivity contribution is 5.96. The first-order chi connectivity index (χ1) is 12.5. The molecular formula is C20H24N2O4. The van der Waals surface area contributed by atoms with Crippen LogP contribution in [-0.4, -0.2) is 39.6 Å². The van der Waals surface area contributed by atoms with Gasteiger partial charge in [-0.25, -0.2) is 0 Å². The molecule has 2 aromatic rings. The van der Waals surface area contributed by atoms with Crippen molar-refractivity contribution in [3.63, 3.8) is 0 Å². The number of hydrogen-bond donors (Lipinski definition) is 1. The molecule has 0 aliphatic heterocycles. The van der Waals surface area contributed by atoms with Gasteiger partial charge in [-0.3, -0.25) is 9.59 Å². The minimum Gasteiger partial charge on any atom is -0.493 e. The smallest absolute Gasteiger partial charge is 0.246 e. The van der Waals surface area contributed by atoms with Crippen LogP contribution in [-0.2, 0) is 16.0 Å². The minimum atomic E-state index is -0.172. The Bertz CT molecular complexity index is 747. The summed E-state index contributed by atoms with van der Waals surface area (Å²) in [6.45, 7) is -0.0316. The molecular weight excluding hydrogens is 332 g/mol. The van der Waals surface area contributed by atoms with Crippen molar-refractivity contribution < 1.29 is 19.1 Å². The van der Waals surface area contributed by atoms with Crippen molar-refractivity contribution in [3.05, 3.63) is 54.1 Å². The highest BCUT2D eigenvalue weighted by Crippen LogP contribution is 2.27. The van der Waals surface area contributed by atoms with Gasteiger partial charge in [0.1, 0.15) is 0 Å². The van der Waals surface area contributed by atoms with Gasteiger partial charge in [0.25, 0.3) is 0 Å². The van der Waals surface area contributed by atoms with Gasteiger partial charge in [0.05, 0.1) is 20.8 Å². The largest absolute Gasteiger partial charge is 0.493 e. The topological polar surface area (TPSA) is 67.9 Å². The molecule has 0 heterocycles. The third-order valence-electron chi connectivity index (χ3n) is 4.04. The van der Waals surface area contributed by atoms with E-state index in [-0.39, 0.29) is 24.8 Å². The van der Waals surface area contributed by atoms with Gasteiger partial charge in [-0.1, -0.05) is 24.3 Å². The summed E-state index contributed by atoms with van der Waals surface area (Å²) in [5.74, 6) is 0.936. The van der Waals surface area contributed by atoms with E-state index in [1.807, 2.05) is 48.5 Å². The molecule has 0 unspecified atom stereocenters. The second-order valence-electron chi connectivity index (χ2n) is 5.75. The molecule has 0 saturated carbocycles. The van der Waals surface area contributed by atoms with Crippen LogP contribution in [0.5, 0.6) is 11.5 Å². The van der Waals surface area contributed by atoms with E-state index >= 15 is 0 Å². The Labute approximate surface area is 153 Å². The standard InChI is InChI=1S/C20H24N2O4/c1-22(16-7-5-4-6-8-16)20(24)14-21-19(23)12-10-15-9-11-17(25-2)18(13-15)26-3/h4-9,11,13H,10,12,14H2,1-3H3,(H,21,23). The van der Waals surface area contributed by atoms with Crippen molar-refractivity contribution in [1.29, 1.82) is 0 Å². The fraction of sp³-hybridized carbons (Fsp3) is 0.300. The van der Waals surface area contributed by atoms with E-state index in [1.54, 1.807) is 21.3 Å². The Kier molecular flexibility index (Phi) is 7.02. The van der Waals surface area contributed by atoms with E-state index in [2.05, 4.69) is 5.32 Å². The van der Waals surface area contributed by atoms with Crippen LogP contribution in [0, 0.1) is 0 Å². The van der Waals surface area contributed by atoms with E-state index in [0.717, 1.165) is 11.3 Å². The zero-order chi connectivity index (χ0) is 18.9. The summed E-state index contributed by atoms with van der Waals surface area (Å²) in [6.07, 6.45) is 0.840. The maximum absolute atomic E-state index is 12.2. The molecule has 2 aromatic carbocycles. The molecule has 1 N–H and O–H groups in total. The van der Waals surface area contributed by atoms with E-state index < -0.39 is 0 Å². The normalized spacial score (nSPS) is 10.1. The number of nitrogens with zero attached hydrogens (tertiary/aromatic N) is 1. The van der Waals surface area contributed by atoms with Crippen molar-refractivity contribution in [1.82, 2.24) is 5.32 Å². The number of carbonyl (C=O) groups excluding carboxylic acids is 2. The lowest BCUT2D eigenvalue weighted by Gasteiger charge is -2.17. The van der Waals surface area contributed by atoms with Gasteiger partial charge in [0, 0.05) is 19.2 Å². The molecule has 2 rings (SSSR count). The Morgan fingerprint density at radius 3 is 2.35 bits per heavy atom. The van der Waals surface area contributed by atoms with Gasteiger partial charge in [-0.2, -0.15) is 0 Å². The van der Waals surface area contributed by atoms with Crippen LogP contribution in [0.2, 0.25) is 0 Å². The number of hydrogen-bond acceptors (Lipinski definition) is 4. The third-order valence-corrected chi connectivity index (χ3v) is 4.04. The molecule has 6 nitrogen and oxygen atoms in total. The Morgan fingerprint density at radius 1 is 1.00 bits per heavy atom. The first-order valence-electron chi connectivity index (χ1n) is 8.34. The van der Waals surface area contributed by atoms with Gasteiger partial charge in [0.2, 0.25) is 11.8 Å². The molecule has 0 fully saturated rings. The first-order valence-corrected chi connectivity index (χ1v) is 8.34. The number of aryl methyl sites for hydroxylation is 1. The van der Waals surface area contributed by atoms with Crippen molar-refractivity contribution in [2.24, 2.45) is 0 Å². The molecule has 0 spiro atoms. The maximum atomic E-state index is 12.2. The van der Waals surface area contributed by atoms with E-state index in [9.17, 15) is 9.59 Å². The predicted octanol–water partition coefficient (Wildman–Crippen LogP) is 2.42. The average molecular weight is 356 g/mol. The predicted molar refractivity (Wildman–Crippen MR) is 101 cm³/mol. The van der Waals surface area contributed by atoms with Crippen molar-refractivity contribution in [2.75, 3.05) is 32.7 Å². The van der Waals surface area contributed by atoms with Crippen LogP contribution in [0.25, 0.3) is 0 Å². The number of ether oxygens (including phenoxy) is 2. The lowest BCUT2D eigenvalue weighted by molar-refractivity contribution is -0.124. The van der Waals surface area contributed by atoms with Gasteiger partial charge in [0.15, 0.2) is 11.5 Å². The van der Waals surface area contributed by atoms with Gasteiger partial charge in [-0.05, 0) is 36.2 Å². The molecule has 2 amide bonds.